The zero-order valence-electron chi connectivity index (χ0n) is 14.0. The molecular formula is C16H20ClF3N2O4. The van der Waals surface area contributed by atoms with Gasteiger partial charge in [0.05, 0.1) is 12.0 Å². The maximum absolute atomic E-state index is 12.3. The molecule has 1 atom stereocenters. The molecule has 26 heavy (non-hydrogen) atoms. The van der Waals surface area contributed by atoms with Crippen molar-refractivity contribution >= 4 is 30.0 Å². The molecule has 1 aliphatic rings. The Bertz CT molecular complexity index is 617. The highest BCUT2D eigenvalue weighted by atomic mass is 35.5. The molecule has 1 aromatic rings. The average Bonchev–Trinajstić information content (AvgIpc) is 2.54. The number of amides is 1. The summed E-state index contributed by atoms with van der Waals surface area (Å²) in [5, 5.41) is 11.6. The SMILES string of the molecule is CC(C(=O)Nc1ccc(OC(F)(F)F)cc1)N1CCC(C(=O)O)CC1.Cl. The van der Waals surface area contributed by atoms with E-state index in [-0.39, 0.29) is 30.0 Å². The third kappa shape index (κ3) is 6.38. The van der Waals surface area contributed by atoms with Crippen molar-refractivity contribution in [3.63, 3.8) is 0 Å². The molecule has 1 heterocycles. The highest BCUT2D eigenvalue weighted by molar-refractivity contribution is 5.94. The molecule has 0 aromatic heterocycles. The predicted octanol–water partition coefficient (Wildman–Crippen LogP) is 3.13. The van der Waals surface area contributed by atoms with Crippen LogP contribution in [0.3, 0.4) is 0 Å². The summed E-state index contributed by atoms with van der Waals surface area (Å²) in [4.78, 5) is 25.1. The summed E-state index contributed by atoms with van der Waals surface area (Å²) in [6, 6.07) is 4.41. The minimum absolute atomic E-state index is 0. The van der Waals surface area contributed by atoms with Crippen LogP contribution in [0.25, 0.3) is 0 Å². The molecule has 1 saturated heterocycles. The summed E-state index contributed by atoms with van der Waals surface area (Å²) in [6.45, 7) is 2.71. The van der Waals surface area contributed by atoms with Crippen LogP contribution in [-0.2, 0) is 9.59 Å². The Hall–Kier alpha value is -2.00. The van der Waals surface area contributed by atoms with Gasteiger partial charge in [-0.15, -0.1) is 25.6 Å². The lowest BCUT2D eigenvalue weighted by Crippen LogP contribution is -2.46. The van der Waals surface area contributed by atoms with Crippen molar-refractivity contribution in [2.24, 2.45) is 5.92 Å². The van der Waals surface area contributed by atoms with Gasteiger partial charge in [0.1, 0.15) is 5.75 Å². The number of nitrogens with one attached hydrogen (secondary N) is 1. The van der Waals surface area contributed by atoms with E-state index in [0.717, 1.165) is 12.1 Å². The molecule has 146 valence electrons. The van der Waals surface area contributed by atoms with E-state index in [1.54, 1.807) is 6.92 Å². The van der Waals surface area contributed by atoms with Gasteiger partial charge in [0, 0.05) is 5.69 Å². The van der Waals surface area contributed by atoms with Crippen LogP contribution in [0.1, 0.15) is 19.8 Å². The number of benzene rings is 1. The zero-order valence-corrected chi connectivity index (χ0v) is 14.8. The van der Waals surface area contributed by atoms with Gasteiger partial charge in [0.2, 0.25) is 5.91 Å². The predicted molar refractivity (Wildman–Crippen MR) is 90.4 cm³/mol. The van der Waals surface area contributed by atoms with E-state index >= 15 is 0 Å². The molecule has 0 saturated carbocycles. The molecule has 0 bridgehead atoms. The number of likely N-dealkylation sites (tertiary alicyclic amines) is 1. The van der Waals surface area contributed by atoms with Crippen molar-refractivity contribution in [1.82, 2.24) is 4.90 Å². The summed E-state index contributed by atoms with van der Waals surface area (Å²) in [6.07, 6.45) is -3.80. The molecule has 1 unspecified atom stereocenters. The zero-order chi connectivity index (χ0) is 18.6. The quantitative estimate of drug-likeness (QED) is 0.799. The van der Waals surface area contributed by atoms with Crippen LogP contribution in [0.4, 0.5) is 18.9 Å². The fraction of sp³-hybridized carbons (Fsp3) is 0.500. The number of halogens is 4. The van der Waals surface area contributed by atoms with Gasteiger partial charge in [-0.2, -0.15) is 0 Å². The topological polar surface area (TPSA) is 78.9 Å². The molecule has 0 radical (unpaired) electrons. The van der Waals surface area contributed by atoms with Crippen molar-refractivity contribution in [2.45, 2.75) is 32.2 Å². The van der Waals surface area contributed by atoms with Gasteiger partial charge in [-0.1, -0.05) is 0 Å². The second kappa shape index (κ2) is 9.09. The molecule has 2 rings (SSSR count). The molecule has 2 N–H and O–H groups in total. The number of carboxylic acid groups (broad SMARTS) is 1. The van der Waals surface area contributed by atoms with E-state index in [0.29, 0.717) is 31.6 Å². The fourth-order valence-corrected chi connectivity index (χ4v) is 2.69. The highest BCUT2D eigenvalue weighted by Crippen LogP contribution is 2.24. The van der Waals surface area contributed by atoms with Gasteiger partial charge in [0.15, 0.2) is 0 Å². The Kier molecular flexibility index (Phi) is 7.70. The summed E-state index contributed by atoms with van der Waals surface area (Å²) in [5.74, 6) is -1.88. The van der Waals surface area contributed by atoms with Crippen molar-refractivity contribution in [3.05, 3.63) is 24.3 Å². The van der Waals surface area contributed by atoms with Crippen LogP contribution in [0, 0.1) is 5.92 Å². The monoisotopic (exact) mass is 396 g/mol. The van der Waals surface area contributed by atoms with E-state index in [1.807, 2.05) is 4.90 Å². The lowest BCUT2D eigenvalue weighted by molar-refractivity contribution is -0.274. The van der Waals surface area contributed by atoms with E-state index in [1.165, 1.54) is 12.1 Å². The first-order chi connectivity index (χ1) is 11.7. The Labute approximate surface area is 154 Å². The van der Waals surface area contributed by atoms with Crippen LogP contribution in [0.15, 0.2) is 24.3 Å². The standard InChI is InChI=1S/C16H19F3N2O4.ClH/c1-10(21-8-6-11(7-9-21)15(23)24)14(22)20-12-2-4-13(5-3-12)25-16(17,18)19;/h2-5,10-11H,6-9H2,1H3,(H,20,22)(H,23,24);1H. The van der Waals surface area contributed by atoms with Crippen LogP contribution >= 0.6 is 12.4 Å². The first-order valence-electron chi connectivity index (χ1n) is 7.79. The number of nitrogens with zero attached hydrogens (tertiary/aromatic N) is 1. The Morgan fingerprint density at radius 1 is 1.23 bits per heavy atom. The number of alkyl halides is 3. The number of aliphatic carboxylic acids is 1. The number of hydrogen-bond donors (Lipinski definition) is 2. The molecule has 1 fully saturated rings. The minimum atomic E-state index is -4.76. The molecule has 0 spiro atoms. The Balaban J connectivity index is 0.00000338. The Morgan fingerprint density at radius 3 is 2.23 bits per heavy atom. The van der Waals surface area contributed by atoms with Gasteiger partial charge in [0.25, 0.3) is 0 Å². The third-order valence-electron chi connectivity index (χ3n) is 4.16. The van der Waals surface area contributed by atoms with Crippen LogP contribution < -0.4 is 10.1 Å². The second-order valence-corrected chi connectivity index (χ2v) is 5.89. The lowest BCUT2D eigenvalue weighted by Gasteiger charge is -2.33. The van der Waals surface area contributed by atoms with Gasteiger partial charge in [-0.25, -0.2) is 0 Å². The van der Waals surface area contributed by atoms with Crippen LogP contribution in [-0.4, -0.2) is 47.4 Å². The third-order valence-corrected chi connectivity index (χ3v) is 4.16. The Morgan fingerprint density at radius 2 is 1.77 bits per heavy atom. The smallest absolute Gasteiger partial charge is 0.481 e. The van der Waals surface area contributed by atoms with Crippen LogP contribution in [0.5, 0.6) is 5.75 Å². The second-order valence-electron chi connectivity index (χ2n) is 5.89. The lowest BCUT2D eigenvalue weighted by atomic mass is 9.96. The molecular weight excluding hydrogens is 377 g/mol. The maximum atomic E-state index is 12.3. The van der Waals surface area contributed by atoms with Crippen molar-refractivity contribution in [3.8, 4) is 5.75 Å². The van der Waals surface area contributed by atoms with E-state index in [2.05, 4.69) is 10.1 Å². The summed E-state index contributed by atoms with van der Waals surface area (Å²) >= 11 is 0. The first-order valence-corrected chi connectivity index (χ1v) is 7.79. The van der Waals surface area contributed by atoms with Crippen molar-refractivity contribution < 1.29 is 32.6 Å². The van der Waals surface area contributed by atoms with Crippen molar-refractivity contribution in [2.75, 3.05) is 18.4 Å². The summed E-state index contributed by atoms with van der Waals surface area (Å²) in [5.41, 5.74) is 0.354. The fourth-order valence-electron chi connectivity index (χ4n) is 2.69. The summed E-state index contributed by atoms with van der Waals surface area (Å²) in [7, 11) is 0. The average molecular weight is 397 g/mol. The van der Waals surface area contributed by atoms with E-state index in [9.17, 15) is 22.8 Å². The molecule has 6 nitrogen and oxygen atoms in total. The normalized spacial score (nSPS) is 17.1. The number of piperidine rings is 1. The van der Waals surface area contributed by atoms with Gasteiger partial charge in [-0.3, -0.25) is 14.5 Å². The molecule has 1 aromatic carbocycles. The number of carbonyl (C=O) groups is 2. The van der Waals surface area contributed by atoms with Crippen molar-refractivity contribution in [1.29, 1.82) is 0 Å². The van der Waals surface area contributed by atoms with E-state index < -0.39 is 18.4 Å². The molecule has 1 aliphatic heterocycles. The highest BCUT2D eigenvalue weighted by Gasteiger charge is 2.31. The summed E-state index contributed by atoms with van der Waals surface area (Å²) < 4.78 is 40.1. The number of carboxylic acids is 1. The minimum Gasteiger partial charge on any atom is -0.481 e. The van der Waals surface area contributed by atoms with Crippen LogP contribution in [0.2, 0.25) is 0 Å². The van der Waals surface area contributed by atoms with Gasteiger partial charge in [-0.05, 0) is 57.1 Å². The van der Waals surface area contributed by atoms with Gasteiger partial charge >= 0.3 is 12.3 Å². The number of rotatable bonds is 5. The maximum Gasteiger partial charge on any atom is 0.573 e. The van der Waals surface area contributed by atoms with E-state index in [4.69, 9.17) is 5.11 Å². The molecule has 1 amide bonds. The number of hydrogen-bond acceptors (Lipinski definition) is 4. The number of ether oxygens (including phenoxy) is 1. The number of anilines is 1. The number of carbonyl (C=O) groups excluding carboxylic acids is 1. The largest absolute Gasteiger partial charge is 0.573 e. The first kappa shape index (κ1) is 22.0. The molecule has 10 heteroatoms. The van der Waals surface area contributed by atoms with Gasteiger partial charge < -0.3 is 15.2 Å². The molecule has 0 aliphatic carbocycles.